The molecule has 1 aliphatic heterocycles. The van der Waals surface area contributed by atoms with Gasteiger partial charge in [0.05, 0.1) is 24.2 Å². The largest absolute Gasteiger partial charge is 0.492 e. The van der Waals surface area contributed by atoms with Crippen molar-refractivity contribution in [1.29, 1.82) is 0 Å². The summed E-state index contributed by atoms with van der Waals surface area (Å²) < 4.78 is 17.1. The van der Waals surface area contributed by atoms with Gasteiger partial charge in [0.1, 0.15) is 23.7 Å². The van der Waals surface area contributed by atoms with Gasteiger partial charge in [-0.15, -0.1) is 0 Å². The third-order valence-electron chi connectivity index (χ3n) is 4.90. The molecule has 1 N–H and O–H groups in total. The Balaban J connectivity index is 1.53. The van der Waals surface area contributed by atoms with Gasteiger partial charge in [-0.05, 0) is 24.3 Å². The molecule has 150 valence electrons. The van der Waals surface area contributed by atoms with Gasteiger partial charge in [0, 0.05) is 37.3 Å². The van der Waals surface area contributed by atoms with Gasteiger partial charge in [0.2, 0.25) is 0 Å². The van der Waals surface area contributed by atoms with E-state index < -0.39 is 5.97 Å². The van der Waals surface area contributed by atoms with Crippen LogP contribution in [0.4, 0.5) is 0 Å². The molecule has 0 spiro atoms. The molecular formula is C22H21NO6. The van der Waals surface area contributed by atoms with E-state index in [1.165, 1.54) is 18.2 Å². The number of rotatable bonds is 6. The fourth-order valence-electron chi connectivity index (χ4n) is 3.26. The van der Waals surface area contributed by atoms with E-state index in [1.807, 2.05) is 0 Å². The summed E-state index contributed by atoms with van der Waals surface area (Å²) in [6, 6.07) is 12.8. The first kappa shape index (κ1) is 19.2. The minimum atomic E-state index is -1.00. The van der Waals surface area contributed by atoms with Crippen LogP contribution in [0.2, 0.25) is 0 Å². The van der Waals surface area contributed by atoms with Crippen LogP contribution in [0.3, 0.4) is 0 Å². The normalized spacial score (nSPS) is 14.8. The molecule has 3 aromatic rings. The van der Waals surface area contributed by atoms with Gasteiger partial charge in [0.15, 0.2) is 5.43 Å². The van der Waals surface area contributed by atoms with Crippen LogP contribution in [0.1, 0.15) is 10.4 Å². The van der Waals surface area contributed by atoms with Gasteiger partial charge in [-0.25, -0.2) is 4.79 Å². The standard InChI is InChI=1S/C22H21NO6/c24-19-14-20(15-1-3-16(4-2-15)22(25)26)29-21-13-17(5-6-18(19)21)28-12-9-23-7-10-27-11-8-23/h1-6,13-14H,7-12H2,(H,25,26). The third-order valence-corrected chi connectivity index (χ3v) is 4.90. The van der Waals surface area contributed by atoms with Crippen molar-refractivity contribution in [3.8, 4) is 17.1 Å². The van der Waals surface area contributed by atoms with E-state index in [0.717, 1.165) is 32.8 Å². The predicted octanol–water partition coefficient (Wildman–Crippen LogP) is 2.87. The first-order valence-corrected chi connectivity index (χ1v) is 9.45. The quantitative estimate of drug-likeness (QED) is 0.686. The average Bonchev–Trinajstić information content (AvgIpc) is 2.74. The molecule has 0 amide bonds. The number of carboxylic acid groups (broad SMARTS) is 1. The smallest absolute Gasteiger partial charge is 0.335 e. The summed E-state index contributed by atoms with van der Waals surface area (Å²) in [5.74, 6) is 0.00701. The molecule has 0 radical (unpaired) electrons. The Morgan fingerprint density at radius 3 is 2.55 bits per heavy atom. The lowest BCUT2D eigenvalue weighted by Crippen LogP contribution is -2.38. The summed E-state index contributed by atoms with van der Waals surface area (Å²) in [6.07, 6.45) is 0. The Labute approximate surface area is 167 Å². The van der Waals surface area contributed by atoms with Crippen molar-refractivity contribution in [1.82, 2.24) is 4.90 Å². The lowest BCUT2D eigenvalue weighted by Gasteiger charge is -2.26. The highest BCUT2D eigenvalue weighted by Crippen LogP contribution is 2.25. The van der Waals surface area contributed by atoms with E-state index in [2.05, 4.69) is 4.90 Å². The van der Waals surface area contributed by atoms with E-state index in [-0.39, 0.29) is 11.0 Å². The molecular weight excluding hydrogens is 374 g/mol. The number of hydrogen-bond acceptors (Lipinski definition) is 6. The van der Waals surface area contributed by atoms with Crippen molar-refractivity contribution in [3.05, 3.63) is 64.3 Å². The lowest BCUT2D eigenvalue weighted by molar-refractivity contribution is 0.0322. The molecule has 0 aliphatic carbocycles. The number of aromatic carboxylic acids is 1. The number of hydrogen-bond donors (Lipinski definition) is 1. The van der Waals surface area contributed by atoms with Crippen molar-refractivity contribution < 1.29 is 23.8 Å². The molecule has 29 heavy (non-hydrogen) atoms. The second-order valence-electron chi connectivity index (χ2n) is 6.82. The SMILES string of the molecule is O=C(O)c1ccc(-c2cc(=O)c3ccc(OCCN4CCOCC4)cc3o2)cc1. The minimum Gasteiger partial charge on any atom is -0.492 e. The lowest BCUT2D eigenvalue weighted by atomic mass is 10.1. The summed E-state index contributed by atoms with van der Waals surface area (Å²) in [5.41, 5.74) is 1.07. The number of morpholine rings is 1. The van der Waals surface area contributed by atoms with Crippen LogP contribution < -0.4 is 10.2 Å². The van der Waals surface area contributed by atoms with Crippen molar-refractivity contribution in [2.75, 3.05) is 39.5 Å². The summed E-state index contributed by atoms with van der Waals surface area (Å²) in [7, 11) is 0. The summed E-state index contributed by atoms with van der Waals surface area (Å²) in [5, 5.41) is 9.49. The summed E-state index contributed by atoms with van der Waals surface area (Å²) >= 11 is 0. The molecule has 1 saturated heterocycles. The maximum Gasteiger partial charge on any atom is 0.335 e. The Bertz CT molecular complexity index is 1070. The summed E-state index contributed by atoms with van der Waals surface area (Å²) in [4.78, 5) is 25.8. The fraction of sp³-hybridized carbons (Fsp3) is 0.273. The molecule has 0 bridgehead atoms. The van der Waals surface area contributed by atoms with E-state index >= 15 is 0 Å². The Morgan fingerprint density at radius 2 is 1.83 bits per heavy atom. The highest BCUT2D eigenvalue weighted by Gasteiger charge is 2.12. The van der Waals surface area contributed by atoms with Crippen molar-refractivity contribution in [2.45, 2.75) is 0 Å². The molecule has 2 aromatic carbocycles. The van der Waals surface area contributed by atoms with Gasteiger partial charge in [0.25, 0.3) is 0 Å². The minimum absolute atomic E-state index is 0.163. The van der Waals surface area contributed by atoms with Gasteiger partial charge in [-0.3, -0.25) is 9.69 Å². The highest BCUT2D eigenvalue weighted by molar-refractivity contribution is 5.88. The molecule has 7 nitrogen and oxygen atoms in total. The number of carboxylic acids is 1. The Hall–Kier alpha value is -3.16. The van der Waals surface area contributed by atoms with Gasteiger partial charge >= 0.3 is 5.97 Å². The van der Waals surface area contributed by atoms with Gasteiger partial charge in [-0.1, -0.05) is 12.1 Å². The monoisotopic (exact) mass is 395 g/mol. The molecule has 0 saturated carbocycles. The summed E-state index contributed by atoms with van der Waals surface area (Å²) in [6.45, 7) is 4.64. The highest BCUT2D eigenvalue weighted by atomic mass is 16.5. The van der Waals surface area contributed by atoms with Gasteiger partial charge in [-0.2, -0.15) is 0 Å². The first-order chi connectivity index (χ1) is 14.1. The Morgan fingerprint density at radius 1 is 1.07 bits per heavy atom. The molecule has 0 atom stereocenters. The van der Waals surface area contributed by atoms with Gasteiger partial charge < -0.3 is 19.0 Å². The number of benzene rings is 2. The zero-order chi connectivity index (χ0) is 20.2. The zero-order valence-electron chi connectivity index (χ0n) is 15.8. The van der Waals surface area contributed by atoms with E-state index in [0.29, 0.717) is 34.6 Å². The maximum absolute atomic E-state index is 12.5. The second-order valence-corrected chi connectivity index (χ2v) is 6.82. The maximum atomic E-state index is 12.5. The zero-order valence-corrected chi connectivity index (χ0v) is 15.8. The third kappa shape index (κ3) is 4.47. The van der Waals surface area contributed by atoms with Crippen LogP contribution in [0.15, 0.2) is 57.7 Å². The average molecular weight is 395 g/mol. The molecule has 1 aromatic heterocycles. The Kier molecular flexibility index (Phi) is 5.59. The number of nitrogens with zero attached hydrogens (tertiary/aromatic N) is 1. The topological polar surface area (TPSA) is 89.2 Å². The van der Waals surface area contributed by atoms with Crippen molar-refractivity contribution in [2.24, 2.45) is 0 Å². The number of fused-ring (bicyclic) bond motifs is 1. The number of carbonyl (C=O) groups is 1. The molecule has 7 heteroatoms. The van der Waals surface area contributed by atoms with Crippen LogP contribution in [0, 0.1) is 0 Å². The van der Waals surface area contributed by atoms with Crippen LogP contribution in [0.25, 0.3) is 22.3 Å². The molecule has 0 unspecified atom stereocenters. The van der Waals surface area contributed by atoms with Crippen LogP contribution in [-0.2, 0) is 4.74 Å². The van der Waals surface area contributed by atoms with Crippen LogP contribution in [-0.4, -0.2) is 55.4 Å². The molecule has 1 fully saturated rings. The molecule has 4 rings (SSSR count). The molecule has 1 aliphatic rings. The van der Waals surface area contributed by atoms with E-state index in [4.69, 9.17) is 19.0 Å². The van der Waals surface area contributed by atoms with Crippen molar-refractivity contribution >= 4 is 16.9 Å². The predicted molar refractivity (Wildman–Crippen MR) is 108 cm³/mol. The fourth-order valence-corrected chi connectivity index (χ4v) is 3.26. The molecule has 2 heterocycles. The number of ether oxygens (including phenoxy) is 2. The van der Waals surface area contributed by atoms with Crippen molar-refractivity contribution in [3.63, 3.8) is 0 Å². The second kappa shape index (κ2) is 8.46. The van der Waals surface area contributed by atoms with Crippen LogP contribution in [0.5, 0.6) is 5.75 Å². The van der Waals surface area contributed by atoms with E-state index in [1.54, 1.807) is 30.3 Å². The first-order valence-electron chi connectivity index (χ1n) is 9.45. The van der Waals surface area contributed by atoms with E-state index in [9.17, 15) is 9.59 Å². The van der Waals surface area contributed by atoms with Crippen LogP contribution >= 0.6 is 0 Å².